The van der Waals surface area contributed by atoms with Gasteiger partial charge in [0.05, 0.1) is 17.3 Å². The van der Waals surface area contributed by atoms with Crippen molar-refractivity contribution < 1.29 is 14.7 Å². The van der Waals surface area contributed by atoms with Crippen molar-refractivity contribution in [2.75, 3.05) is 5.73 Å². The fourth-order valence-electron chi connectivity index (χ4n) is 5.56. The van der Waals surface area contributed by atoms with Gasteiger partial charge in [0.1, 0.15) is 28.5 Å². The van der Waals surface area contributed by atoms with E-state index < -0.39 is 5.91 Å². The van der Waals surface area contributed by atoms with E-state index >= 15 is 0 Å². The number of anilines is 1. The molecule has 0 saturated heterocycles. The lowest BCUT2D eigenvalue weighted by Gasteiger charge is -2.16. The van der Waals surface area contributed by atoms with E-state index in [0.717, 1.165) is 40.0 Å². The van der Waals surface area contributed by atoms with Crippen molar-refractivity contribution in [2.24, 2.45) is 0 Å². The minimum atomic E-state index is -0.419. The summed E-state index contributed by atoms with van der Waals surface area (Å²) in [6.07, 6.45) is 3.52. The molecule has 0 spiro atoms. The van der Waals surface area contributed by atoms with E-state index in [1.807, 2.05) is 71.3 Å². The summed E-state index contributed by atoms with van der Waals surface area (Å²) in [6.45, 7) is 0. The molecule has 4 heterocycles. The third-order valence-electron chi connectivity index (χ3n) is 7.67. The molecule has 0 unspecified atom stereocenters. The van der Waals surface area contributed by atoms with Gasteiger partial charge in [0, 0.05) is 17.4 Å². The number of pyridine rings is 3. The molecule has 43 heavy (non-hydrogen) atoms. The fraction of sp³-hybridized carbons (Fsp3) is 0.0909. The second-order valence-corrected chi connectivity index (χ2v) is 10.3. The summed E-state index contributed by atoms with van der Waals surface area (Å²) < 4.78 is 2.00. The molecule has 1 amide bonds. The van der Waals surface area contributed by atoms with Gasteiger partial charge >= 0.3 is 0 Å². The van der Waals surface area contributed by atoms with Gasteiger partial charge in [0.25, 0.3) is 5.91 Å². The van der Waals surface area contributed by atoms with Gasteiger partial charge in [-0.15, -0.1) is 0 Å². The van der Waals surface area contributed by atoms with E-state index in [-0.39, 0.29) is 23.2 Å². The number of nitrogen functional groups attached to an aromatic ring is 1. The second kappa shape index (κ2) is 10.5. The lowest BCUT2D eigenvalue weighted by atomic mass is 10.1. The molecule has 6 aromatic rings. The van der Waals surface area contributed by atoms with Crippen molar-refractivity contribution in [3.8, 4) is 34.1 Å². The number of hydrogen-bond donors (Lipinski definition) is 3. The smallest absolute Gasteiger partial charge is 0.270 e. The number of fused-ring (bicyclic) bond motifs is 2. The van der Waals surface area contributed by atoms with E-state index in [1.54, 1.807) is 6.20 Å². The zero-order chi connectivity index (χ0) is 29.5. The summed E-state index contributed by atoms with van der Waals surface area (Å²) in [5, 5.41) is 12.8. The molecule has 0 aliphatic heterocycles. The monoisotopic (exact) mass is 567 g/mol. The molecular weight excluding hydrogens is 542 g/mol. The number of rotatable bonds is 6. The highest BCUT2D eigenvalue weighted by molar-refractivity contribution is 5.94. The van der Waals surface area contributed by atoms with Crippen molar-refractivity contribution in [1.29, 1.82) is 0 Å². The van der Waals surface area contributed by atoms with Crippen LogP contribution in [0.2, 0.25) is 0 Å². The number of imidazole rings is 1. The number of carbonyl (C=O) groups is 2. The Balaban J connectivity index is 1.29. The van der Waals surface area contributed by atoms with Crippen LogP contribution < -0.4 is 11.1 Å². The normalized spacial score (nSPS) is 14.0. The predicted octanol–water partition coefficient (Wildman–Crippen LogP) is 5.06. The van der Waals surface area contributed by atoms with E-state index in [4.69, 9.17) is 15.7 Å². The summed E-state index contributed by atoms with van der Waals surface area (Å²) in [5.74, 6) is 0.310. The quantitative estimate of drug-likeness (QED) is 0.237. The molecule has 10 nitrogen and oxygen atoms in total. The molecule has 0 radical (unpaired) electrons. The Kier molecular flexibility index (Phi) is 6.35. The summed E-state index contributed by atoms with van der Waals surface area (Å²) in [6, 6.07) is 26.2. The first-order valence-electron chi connectivity index (χ1n) is 13.7. The van der Waals surface area contributed by atoms with Crippen molar-refractivity contribution in [3.05, 3.63) is 114 Å². The number of aromatic nitrogens is 5. The zero-order valence-corrected chi connectivity index (χ0v) is 22.8. The minimum Gasteiger partial charge on any atom is -0.506 e. The number of amides is 1. The summed E-state index contributed by atoms with van der Waals surface area (Å²) in [7, 11) is 0. The van der Waals surface area contributed by atoms with Gasteiger partial charge in [-0.1, -0.05) is 36.4 Å². The van der Waals surface area contributed by atoms with E-state index in [0.29, 0.717) is 35.6 Å². The number of aldehydes is 1. The SMILES string of the molecule is Nc1ncccc1-c1nc2ccc(-c3ccccc3)nc2n1-c1ccc2c(c1)CC[C@@H]2NC(=O)c1ccc(O)c(C=O)n1. The number of benzene rings is 2. The van der Waals surface area contributed by atoms with Gasteiger partial charge < -0.3 is 16.2 Å². The van der Waals surface area contributed by atoms with Crippen LogP contribution in [0.25, 0.3) is 39.5 Å². The molecule has 4 N–H and O–H groups in total. The largest absolute Gasteiger partial charge is 0.506 e. The predicted molar refractivity (Wildman–Crippen MR) is 162 cm³/mol. The third kappa shape index (κ3) is 4.64. The number of aryl methyl sites for hydroxylation is 1. The summed E-state index contributed by atoms with van der Waals surface area (Å²) in [4.78, 5) is 42.4. The number of aromatic hydroxyl groups is 1. The van der Waals surface area contributed by atoms with Crippen LogP contribution in [0.4, 0.5) is 5.82 Å². The van der Waals surface area contributed by atoms with Crippen molar-refractivity contribution in [2.45, 2.75) is 18.9 Å². The van der Waals surface area contributed by atoms with Crippen LogP contribution in [-0.2, 0) is 6.42 Å². The average molecular weight is 568 g/mol. The lowest BCUT2D eigenvalue weighted by Crippen LogP contribution is -2.28. The second-order valence-electron chi connectivity index (χ2n) is 10.3. The highest BCUT2D eigenvalue weighted by atomic mass is 16.3. The molecule has 0 bridgehead atoms. The Hall–Kier alpha value is -5.90. The number of nitrogens with two attached hydrogens (primary N) is 1. The molecule has 4 aromatic heterocycles. The van der Waals surface area contributed by atoms with Gasteiger partial charge in [0.15, 0.2) is 17.8 Å². The van der Waals surface area contributed by atoms with Gasteiger partial charge in [0.2, 0.25) is 0 Å². The minimum absolute atomic E-state index is 0.0638. The first-order chi connectivity index (χ1) is 21.0. The topological polar surface area (TPSA) is 149 Å². The first-order valence-corrected chi connectivity index (χ1v) is 13.7. The summed E-state index contributed by atoms with van der Waals surface area (Å²) in [5.41, 5.74) is 13.1. The van der Waals surface area contributed by atoms with Crippen LogP contribution in [0.3, 0.4) is 0 Å². The average Bonchev–Trinajstić information content (AvgIpc) is 3.62. The maximum absolute atomic E-state index is 13.0. The molecule has 0 saturated carbocycles. The Bertz CT molecular complexity index is 2040. The highest BCUT2D eigenvalue weighted by Gasteiger charge is 2.27. The lowest BCUT2D eigenvalue weighted by molar-refractivity contribution is 0.0931. The Morgan fingerprint density at radius 3 is 2.65 bits per heavy atom. The summed E-state index contributed by atoms with van der Waals surface area (Å²) >= 11 is 0. The van der Waals surface area contributed by atoms with Crippen LogP contribution in [-0.4, -0.2) is 41.8 Å². The van der Waals surface area contributed by atoms with E-state index in [2.05, 4.69) is 21.4 Å². The van der Waals surface area contributed by atoms with Crippen molar-refractivity contribution in [1.82, 2.24) is 29.8 Å². The zero-order valence-electron chi connectivity index (χ0n) is 22.8. The number of nitrogens with one attached hydrogen (secondary N) is 1. The van der Waals surface area contributed by atoms with Gasteiger partial charge in [-0.3, -0.25) is 14.2 Å². The molecule has 0 fully saturated rings. The number of carbonyl (C=O) groups excluding carboxylic acids is 2. The molecular formula is C33H25N7O3. The van der Waals surface area contributed by atoms with Crippen molar-refractivity contribution in [3.63, 3.8) is 0 Å². The molecule has 2 aromatic carbocycles. The van der Waals surface area contributed by atoms with Crippen LogP contribution in [0.5, 0.6) is 5.75 Å². The van der Waals surface area contributed by atoms with Crippen LogP contribution in [0, 0.1) is 0 Å². The van der Waals surface area contributed by atoms with Crippen molar-refractivity contribution >= 4 is 29.2 Å². The Morgan fingerprint density at radius 1 is 0.977 bits per heavy atom. The highest BCUT2D eigenvalue weighted by Crippen LogP contribution is 2.36. The van der Waals surface area contributed by atoms with Crippen LogP contribution in [0.1, 0.15) is 44.6 Å². The van der Waals surface area contributed by atoms with E-state index in [9.17, 15) is 14.7 Å². The maximum atomic E-state index is 13.0. The number of hydrogen-bond acceptors (Lipinski definition) is 8. The van der Waals surface area contributed by atoms with E-state index in [1.165, 1.54) is 12.1 Å². The Labute approximate surface area is 245 Å². The third-order valence-corrected chi connectivity index (χ3v) is 7.67. The molecule has 1 aliphatic carbocycles. The van der Waals surface area contributed by atoms with Gasteiger partial charge in [-0.25, -0.2) is 19.9 Å². The first kappa shape index (κ1) is 26.0. The molecule has 10 heteroatoms. The van der Waals surface area contributed by atoms with Gasteiger partial charge in [-0.05, 0) is 72.5 Å². The molecule has 7 rings (SSSR count). The van der Waals surface area contributed by atoms with Crippen LogP contribution in [0.15, 0.2) is 91.1 Å². The standard InChI is InChI=1S/C33H25N7O3/c34-30-23(7-4-16-35-30)31-38-26-13-12-24(19-5-2-1-3-6-19)37-32(26)40(31)21-9-10-22-20(17-21)8-11-25(22)39-33(43)27-14-15-29(42)28(18-41)36-27/h1-7,9-10,12-18,25,42H,8,11H2,(H2,34,35)(H,39,43)/t25-/m0/s1. The van der Waals surface area contributed by atoms with Crippen LogP contribution >= 0.6 is 0 Å². The molecule has 1 atom stereocenters. The van der Waals surface area contributed by atoms with Gasteiger partial charge in [-0.2, -0.15) is 0 Å². The molecule has 210 valence electrons. The fourth-order valence-corrected chi connectivity index (χ4v) is 5.56. The number of nitrogens with zero attached hydrogens (tertiary/aromatic N) is 5. The Morgan fingerprint density at radius 2 is 1.84 bits per heavy atom. The molecule has 1 aliphatic rings. The maximum Gasteiger partial charge on any atom is 0.270 e.